The Morgan fingerprint density at radius 1 is 1.48 bits per heavy atom. The van der Waals surface area contributed by atoms with Crippen LogP contribution in [0.2, 0.25) is 0 Å². The highest BCUT2D eigenvalue weighted by atomic mass is 16.5. The fourth-order valence-corrected chi connectivity index (χ4v) is 2.54. The third-order valence-corrected chi connectivity index (χ3v) is 3.93. The van der Waals surface area contributed by atoms with Gasteiger partial charge < -0.3 is 9.58 Å². The largest absolute Gasteiger partial charge is 0.441 e. The molecule has 1 amide bonds. The van der Waals surface area contributed by atoms with Crippen LogP contribution < -0.4 is 5.43 Å². The number of ether oxygens (including phenoxy) is 1. The number of amidine groups is 1. The molecule has 0 aromatic heterocycles. The Bertz CT molecular complexity index is 891. The second-order valence-electron chi connectivity index (χ2n) is 6.62. The summed E-state index contributed by atoms with van der Waals surface area (Å²) in [5, 5.41) is 17.9. The molecule has 1 aliphatic heterocycles. The number of nitrogens with zero attached hydrogens (tertiary/aromatic N) is 6. The molecule has 1 heterocycles. The Hall–Kier alpha value is -3.76. The summed E-state index contributed by atoms with van der Waals surface area (Å²) in [6.45, 7) is 8.58. The minimum atomic E-state index is -0.440. The summed E-state index contributed by atoms with van der Waals surface area (Å²) >= 11 is 0. The quantitative estimate of drug-likeness (QED) is 0.246. The number of esters is 1. The molecule has 1 atom stereocenters. The summed E-state index contributed by atoms with van der Waals surface area (Å²) < 4.78 is 5.12. The monoisotopic (exact) mass is 395 g/mol. The number of carbonyl (C=O) groups excluding carboxylic acids is 2. The van der Waals surface area contributed by atoms with Gasteiger partial charge in [0.2, 0.25) is 5.91 Å². The van der Waals surface area contributed by atoms with Crippen molar-refractivity contribution in [3.05, 3.63) is 41.2 Å². The third-order valence-electron chi connectivity index (χ3n) is 3.93. The molecule has 1 N–H and O–H groups in total. The summed E-state index contributed by atoms with van der Waals surface area (Å²) in [4.78, 5) is 28.6. The first-order valence-electron chi connectivity index (χ1n) is 8.75. The van der Waals surface area contributed by atoms with Crippen molar-refractivity contribution in [2.24, 2.45) is 16.1 Å². The topological polar surface area (TPSA) is 115 Å². The third kappa shape index (κ3) is 6.13. The van der Waals surface area contributed by atoms with Gasteiger partial charge in [-0.15, -0.1) is 0 Å². The predicted octanol–water partition coefficient (Wildman–Crippen LogP) is 1.49. The summed E-state index contributed by atoms with van der Waals surface area (Å²) in [6, 6.07) is 8.71. The molecule has 29 heavy (non-hydrogen) atoms. The van der Waals surface area contributed by atoms with E-state index in [9.17, 15) is 9.59 Å². The summed E-state index contributed by atoms with van der Waals surface area (Å²) in [5.41, 5.74) is 4.73. The van der Waals surface area contributed by atoms with Gasteiger partial charge in [-0.3, -0.25) is 14.5 Å². The van der Waals surface area contributed by atoms with Crippen molar-refractivity contribution < 1.29 is 14.3 Å². The number of nitriles is 1. The van der Waals surface area contributed by atoms with Crippen LogP contribution in [0.5, 0.6) is 0 Å². The number of hydrazone groups is 2. The summed E-state index contributed by atoms with van der Waals surface area (Å²) in [7, 11) is 3.50. The molecule has 10 nitrogen and oxygen atoms in total. The summed E-state index contributed by atoms with van der Waals surface area (Å²) in [6.07, 6.45) is 0.255. The van der Waals surface area contributed by atoms with E-state index in [-0.39, 0.29) is 37.4 Å². The van der Waals surface area contributed by atoms with E-state index in [1.165, 1.54) is 0 Å². The Morgan fingerprint density at radius 3 is 2.76 bits per heavy atom. The number of amides is 1. The van der Waals surface area contributed by atoms with Crippen molar-refractivity contribution in [3.8, 4) is 6.07 Å². The van der Waals surface area contributed by atoms with Crippen molar-refractivity contribution in [3.63, 3.8) is 0 Å². The van der Waals surface area contributed by atoms with E-state index >= 15 is 0 Å². The molecule has 1 aliphatic rings. The lowest BCUT2D eigenvalue weighted by Crippen LogP contribution is -2.38. The second-order valence-corrected chi connectivity index (χ2v) is 6.62. The number of hydrogen-bond acceptors (Lipinski definition) is 8. The van der Waals surface area contributed by atoms with Crippen LogP contribution in [0.3, 0.4) is 0 Å². The number of carbonyl (C=O) groups is 2. The van der Waals surface area contributed by atoms with E-state index in [0.717, 1.165) is 10.6 Å². The Morgan fingerprint density at radius 2 is 2.17 bits per heavy atom. The van der Waals surface area contributed by atoms with Crippen LogP contribution in [0.25, 0.3) is 4.85 Å². The molecule has 10 heteroatoms. The molecule has 150 valence electrons. The standard InChI is InChI=1S/C19H21N7O3/c1-13-9-17(27)26(12-29-18(28)11-25(3)4)24-19(13)14-5-7-15(8-6-14)22-23-16(10-20)21-2/h5-8,13,22H,9,11-12H2,1,3-4H3/b23-16+/t13-/m1/s1. The Kier molecular flexibility index (Phi) is 7.40. The van der Waals surface area contributed by atoms with Gasteiger partial charge in [-0.1, -0.05) is 25.6 Å². The molecular weight excluding hydrogens is 374 g/mol. The normalized spacial score (nSPS) is 16.7. The smallest absolute Gasteiger partial charge is 0.371 e. The van der Waals surface area contributed by atoms with Crippen LogP contribution in [0.15, 0.2) is 34.5 Å². The van der Waals surface area contributed by atoms with Crippen molar-refractivity contribution in [1.29, 1.82) is 5.26 Å². The zero-order valence-electron chi connectivity index (χ0n) is 16.4. The maximum absolute atomic E-state index is 12.2. The van der Waals surface area contributed by atoms with E-state index in [0.29, 0.717) is 11.4 Å². The highest BCUT2D eigenvalue weighted by Crippen LogP contribution is 2.22. The fourth-order valence-electron chi connectivity index (χ4n) is 2.54. The molecule has 0 fully saturated rings. The van der Waals surface area contributed by atoms with Crippen LogP contribution in [0.1, 0.15) is 18.9 Å². The average molecular weight is 395 g/mol. The highest BCUT2D eigenvalue weighted by Gasteiger charge is 2.28. The molecule has 0 unspecified atom stereocenters. The van der Waals surface area contributed by atoms with Gasteiger partial charge in [0.15, 0.2) is 6.73 Å². The fraction of sp³-hybridized carbons (Fsp3) is 0.368. The molecular formula is C19H21N7O3. The summed E-state index contributed by atoms with van der Waals surface area (Å²) in [5.74, 6) is -1.04. The first-order chi connectivity index (χ1) is 13.8. The lowest BCUT2D eigenvalue weighted by molar-refractivity contribution is -0.154. The Balaban J connectivity index is 2.12. The zero-order valence-corrected chi connectivity index (χ0v) is 16.4. The van der Waals surface area contributed by atoms with E-state index in [4.69, 9.17) is 16.6 Å². The van der Waals surface area contributed by atoms with Crippen LogP contribution in [0, 0.1) is 23.8 Å². The molecule has 1 aromatic rings. The van der Waals surface area contributed by atoms with Gasteiger partial charge in [-0.25, -0.2) is 10.7 Å². The van der Waals surface area contributed by atoms with E-state index in [1.807, 2.05) is 6.92 Å². The molecule has 0 saturated heterocycles. The van der Waals surface area contributed by atoms with Crippen molar-refractivity contribution in [1.82, 2.24) is 9.91 Å². The SMILES string of the molecule is [C-]#[N+]/C(C#N)=N/Nc1ccc(C2=NN(COC(=O)CN(C)C)C(=O)C[C@H]2C)cc1. The van der Waals surface area contributed by atoms with Crippen LogP contribution in [-0.2, 0) is 14.3 Å². The molecule has 1 aromatic carbocycles. The van der Waals surface area contributed by atoms with Gasteiger partial charge in [0.25, 0.3) is 0 Å². The number of nitrogens with one attached hydrogen (secondary N) is 1. The average Bonchev–Trinajstić information content (AvgIpc) is 2.68. The highest BCUT2D eigenvalue weighted by molar-refractivity contribution is 6.06. The number of anilines is 1. The Labute approximate surface area is 168 Å². The van der Waals surface area contributed by atoms with E-state index in [1.54, 1.807) is 49.3 Å². The molecule has 0 bridgehead atoms. The van der Waals surface area contributed by atoms with Crippen molar-refractivity contribution >= 4 is 29.1 Å². The maximum Gasteiger partial charge on any atom is 0.371 e. The molecule has 0 spiro atoms. The zero-order chi connectivity index (χ0) is 21.4. The molecule has 0 saturated carbocycles. The molecule has 0 aliphatic carbocycles. The number of benzene rings is 1. The maximum atomic E-state index is 12.2. The van der Waals surface area contributed by atoms with Crippen molar-refractivity contribution in [2.75, 3.05) is 32.8 Å². The minimum absolute atomic E-state index is 0.0969. The first-order valence-corrected chi connectivity index (χ1v) is 8.75. The number of hydrogen-bond donors (Lipinski definition) is 1. The predicted molar refractivity (Wildman–Crippen MR) is 106 cm³/mol. The van der Waals surface area contributed by atoms with Crippen LogP contribution in [0.4, 0.5) is 5.69 Å². The van der Waals surface area contributed by atoms with Gasteiger partial charge in [0, 0.05) is 12.3 Å². The van der Waals surface area contributed by atoms with E-state index < -0.39 is 5.97 Å². The number of likely N-dealkylation sites (N-methyl/N-ethyl adjacent to an activating group) is 1. The van der Waals surface area contributed by atoms with Gasteiger partial charge in [-0.2, -0.15) is 10.1 Å². The van der Waals surface area contributed by atoms with Gasteiger partial charge in [-0.05, 0) is 36.9 Å². The molecule has 2 rings (SSSR count). The van der Waals surface area contributed by atoms with Gasteiger partial charge in [0.05, 0.1) is 17.9 Å². The van der Waals surface area contributed by atoms with Gasteiger partial charge in [0.1, 0.15) is 6.07 Å². The van der Waals surface area contributed by atoms with Crippen molar-refractivity contribution in [2.45, 2.75) is 13.3 Å². The first kappa shape index (κ1) is 21.5. The lowest BCUT2D eigenvalue weighted by Gasteiger charge is -2.27. The molecule has 0 radical (unpaired) electrons. The van der Waals surface area contributed by atoms with Crippen LogP contribution in [-0.4, -0.2) is 60.7 Å². The van der Waals surface area contributed by atoms with E-state index in [2.05, 4.69) is 20.5 Å². The van der Waals surface area contributed by atoms with Crippen LogP contribution >= 0.6 is 0 Å². The lowest BCUT2D eigenvalue weighted by atomic mass is 9.94. The number of rotatable bonds is 7. The minimum Gasteiger partial charge on any atom is -0.441 e. The second kappa shape index (κ2) is 9.97. The van der Waals surface area contributed by atoms with Gasteiger partial charge >= 0.3 is 11.8 Å².